The first kappa shape index (κ1) is 25.0. The van der Waals surface area contributed by atoms with Gasteiger partial charge >= 0.3 is 0 Å². The van der Waals surface area contributed by atoms with Gasteiger partial charge < -0.3 is 9.47 Å². The molecule has 0 fully saturated rings. The Bertz CT molecular complexity index is 1580. The number of nitrogens with zero attached hydrogens (tertiary/aromatic N) is 2. The Morgan fingerprint density at radius 3 is 1.68 bits per heavy atom. The maximum Gasteiger partial charge on any atom is 0.275 e. The number of para-hydroxylation sites is 2. The van der Waals surface area contributed by atoms with Crippen LogP contribution in [-0.2, 0) is 0 Å². The Kier molecular flexibility index (Phi) is 6.79. The monoisotopic (exact) mass is 510 g/mol. The van der Waals surface area contributed by atoms with Crippen LogP contribution < -0.4 is 20.6 Å². The number of methoxy groups -OCH3 is 1. The Hall–Kier alpha value is -4.72. The minimum atomic E-state index is -0.664. The third-order valence-electron chi connectivity index (χ3n) is 6.66. The normalized spacial score (nSPS) is 11.2. The molecule has 0 amide bonds. The second-order valence-corrected chi connectivity index (χ2v) is 9.03. The number of hydrogen-bond acceptors (Lipinski definition) is 4. The van der Waals surface area contributed by atoms with Crippen LogP contribution in [-0.4, -0.2) is 33.3 Å². The predicted octanol–water partition coefficient (Wildman–Crippen LogP) is 4.85. The molecule has 0 aliphatic rings. The molecule has 0 saturated heterocycles. The number of aromatic nitrogens is 4. The third kappa shape index (κ3) is 4.34. The smallest absolute Gasteiger partial charge is 0.275 e. The van der Waals surface area contributed by atoms with Crippen LogP contribution in [0.5, 0.6) is 11.5 Å². The highest BCUT2D eigenvalue weighted by Gasteiger charge is 2.31. The van der Waals surface area contributed by atoms with Crippen molar-refractivity contribution in [1.29, 1.82) is 0 Å². The average Bonchev–Trinajstić information content (AvgIpc) is 3.40. The van der Waals surface area contributed by atoms with Crippen molar-refractivity contribution in [2.45, 2.75) is 26.7 Å². The summed E-state index contributed by atoms with van der Waals surface area (Å²) in [4.78, 5) is 27.9. The van der Waals surface area contributed by atoms with E-state index in [1.165, 1.54) is 9.36 Å². The number of rotatable bonds is 8. The lowest BCUT2D eigenvalue weighted by Crippen LogP contribution is -2.25. The minimum absolute atomic E-state index is 0.223. The maximum atomic E-state index is 14.0. The number of nitrogens with one attached hydrogen (secondary N) is 2. The van der Waals surface area contributed by atoms with Crippen molar-refractivity contribution >= 4 is 0 Å². The lowest BCUT2D eigenvalue weighted by Gasteiger charge is -2.18. The molecule has 5 rings (SSSR count). The van der Waals surface area contributed by atoms with Crippen LogP contribution in [0, 0.1) is 13.8 Å². The second-order valence-electron chi connectivity index (χ2n) is 9.03. The van der Waals surface area contributed by atoms with Gasteiger partial charge in [0.25, 0.3) is 11.1 Å². The van der Waals surface area contributed by atoms with Crippen molar-refractivity contribution in [2.24, 2.45) is 0 Å². The van der Waals surface area contributed by atoms with Crippen molar-refractivity contribution in [1.82, 2.24) is 19.6 Å². The summed E-state index contributed by atoms with van der Waals surface area (Å²) in [7, 11) is 1.58. The van der Waals surface area contributed by atoms with Crippen LogP contribution in [0.3, 0.4) is 0 Å². The van der Waals surface area contributed by atoms with Gasteiger partial charge in [0, 0.05) is 17.3 Å². The number of aryl methyl sites for hydroxylation is 2. The molecule has 2 N–H and O–H groups in total. The summed E-state index contributed by atoms with van der Waals surface area (Å²) in [6, 6.07) is 24.3. The van der Waals surface area contributed by atoms with Crippen LogP contribution in [0.4, 0.5) is 0 Å². The van der Waals surface area contributed by atoms with Gasteiger partial charge in [-0.2, -0.15) is 0 Å². The molecule has 0 saturated carbocycles. The standard InChI is InChI=1S/C30H30N4O4/c1-5-38-25-18-21(16-17-24(25)37-4)28(26-19(2)31-33(29(26)35)22-12-8-6-9-13-22)27-20(3)32-34(30(27)36)23-14-10-7-11-15-23/h6-18,28,31-32H,5H2,1-4H3. The molecule has 0 radical (unpaired) electrons. The van der Waals surface area contributed by atoms with Gasteiger partial charge in [0.1, 0.15) is 0 Å². The highest BCUT2D eigenvalue weighted by Crippen LogP contribution is 2.37. The van der Waals surface area contributed by atoms with Crippen molar-refractivity contribution in [3.8, 4) is 22.9 Å². The van der Waals surface area contributed by atoms with Crippen LogP contribution in [0.25, 0.3) is 11.4 Å². The number of benzene rings is 3. The lowest BCUT2D eigenvalue weighted by molar-refractivity contribution is 0.310. The van der Waals surface area contributed by atoms with Gasteiger partial charge in [-0.3, -0.25) is 19.8 Å². The first-order valence-electron chi connectivity index (χ1n) is 12.5. The molecule has 0 atom stereocenters. The van der Waals surface area contributed by atoms with Gasteiger partial charge in [-0.15, -0.1) is 0 Å². The summed E-state index contributed by atoms with van der Waals surface area (Å²) < 4.78 is 14.4. The van der Waals surface area contributed by atoms with E-state index in [9.17, 15) is 9.59 Å². The summed E-state index contributed by atoms with van der Waals surface area (Å²) in [6.45, 7) is 6.05. The molecule has 2 aromatic heterocycles. The molecule has 8 heteroatoms. The van der Waals surface area contributed by atoms with Gasteiger partial charge in [0.2, 0.25) is 0 Å². The zero-order chi connectivity index (χ0) is 26.8. The van der Waals surface area contributed by atoms with E-state index in [0.717, 1.165) is 5.56 Å². The van der Waals surface area contributed by atoms with Crippen LogP contribution in [0.1, 0.15) is 40.9 Å². The molecular weight excluding hydrogens is 480 g/mol. The van der Waals surface area contributed by atoms with Gasteiger partial charge in [-0.05, 0) is 62.7 Å². The molecule has 38 heavy (non-hydrogen) atoms. The van der Waals surface area contributed by atoms with Gasteiger partial charge in [0.15, 0.2) is 11.5 Å². The fourth-order valence-corrected chi connectivity index (χ4v) is 4.94. The summed E-state index contributed by atoms with van der Waals surface area (Å²) >= 11 is 0. The van der Waals surface area contributed by atoms with E-state index in [2.05, 4.69) is 10.2 Å². The molecule has 0 aliphatic carbocycles. The fourth-order valence-electron chi connectivity index (χ4n) is 4.94. The molecule has 2 heterocycles. The number of aromatic amines is 2. The number of ether oxygens (including phenoxy) is 2. The molecule has 8 nitrogen and oxygen atoms in total. The highest BCUT2D eigenvalue weighted by molar-refractivity contribution is 5.52. The Balaban J connectivity index is 1.78. The molecule has 0 aliphatic heterocycles. The Morgan fingerprint density at radius 1 is 0.737 bits per heavy atom. The molecular formula is C30H30N4O4. The average molecular weight is 511 g/mol. The third-order valence-corrected chi connectivity index (χ3v) is 6.66. The quantitative estimate of drug-likeness (QED) is 0.312. The van der Waals surface area contributed by atoms with E-state index >= 15 is 0 Å². The lowest BCUT2D eigenvalue weighted by atomic mass is 9.85. The zero-order valence-corrected chi connectivity index (χ0v) is 21.8. The van der Waals surface area contributed by atoms with Crippen molar-refractivity contribution in [3.63, 3.8) is 0 Å². The molecule has 194 valence electrons. The van der Waals surface area contributed by atoms with E-state index in [4.69, 9.17) is 9.47 Å². The van der Waals surface area contributed by atoms with Crippen molar-refractivity contribution < 1.29 is 9.47 Å². The zero-order valence-electron chi connectivity index (χ0n) is 21.8. The van der Waals surface area contributed by atoms with Crippen molar-refractivity contribution in [2.75, 3.05) is 13.7 Å². The minimum Gasteiger partial charge on any atom is -0.493 e. The summed E-state index contributed by atoms with van der Waals surface area (Å²) in [6.07, 6.45) is 0. The fraction of sp³-hybridized carbons (Fsp3) is 0.200. The van der Waals surface area contributed by atoms with E-state index < -0.39 is 5.92 Å². The van der Waals surface area contributed by atoms with E-state index in [1.54, 1.807) is 7.11 Å². The SMILES string of the molecule is CCOc1cc(C(c2c(C)[nH]n(-c3ccccc3)c2=O)c2c(C)[nH]n(-c3ccccc3)c2=O)ccc1OC. The predicted molar refractivity (Wildman–Crippen MR) is 147 cm³/mol. The Labute approximate surface area is 220 Å². The molecule has 0 unspecified atom stereocenters. The topological polar surface area (TPSA) is 94.0 Å². The first-order chi connectivity index (χ1) is 18.4. The van der Waals surface area contributed by atoms with Gasteiger partial charge in [-0.25, -0.2) is 9.36 Å². The first-order valence-corrected chi connectivity index (χ1v) is 12.5. The van der Waals surface area contributed by atoms with E-state index in [-0.39, 0.29) is 11.1 Å². The van der Waals surface area contributed by atoms with Crippen molar-refractivity contribution in [3.05, 3.63) is 128 Å². The molecule has 0 bridgehead atoms. The van der Waals surface area contributed by atoms with Gasteiger partial charge in [0.05, 0.1) is 36.2 Å². The molecule has 5 aromatic rings. The second kappa shape index (κ2) is 10.3. The summed E-state index contributed by atoms with van der Waals surface area (Å²) in [5.74, 6) is 0.461. The largest absolute Gasteiger partial charge is 0.493 e. The Morgan fingerprint density at radius 2 is 1.24 bits per heavy atom. The molecule has 3 aromatic carbocycles. The van der Waals surface area contributed by atoms with E-state index in [0.29, 0.717) is 52.0 Å². The summed E-state index contributed by atoms with van der Waals surface area (Å²) in [5.41, 5.74) is 4.03. The number of H-pyrrole nitrogens is 2. The van der Waals surface area contributed by atoms with Crippen LogP contribution in [0.15, 0.2) is 88.5 Å². The number of hydrogen-bond donors (Lipinski definition) is 2. The van der Waals surface area contributed by atoms with Gasteiger partial charge in [-0.1, -0.05) is 42.5 Å². The van der Waals surface area contributed by atoms with Crippen LogP contribution >= 0.6 is 0 Å². The maximum absolute atomic E-state index is 14.0. The highest BCUT2D eigenvalue weighted by atomic mass is 16.5. The van der Waals surface area contributed by atoms with E-state index in [1.807, 2.05) is 99.6 Å². The molecule has 0 spiro atoms. The summed E-state index contributed by atoms with van der Waals surface area (Å²) in [5, 5.41) is 6.44. The van der Waals surface area contributed by atoms with Crippen LogP contribution in [0.2, 0.25) is 0 Å².